The number of amides is 1. The molecule has 0 radical (unpaired) electrons. The zero-order valence-electron chi connectivity index (χ0n) is 13.2. The molecule has 1 aromatic heterocycles. The summed E-state index contributed by atoms with van der Waals surface area (Å²) < 4.78 is 23.3. The van der Waals surface area contributed by atoms with Gasteiger partial charge in [-0.25, -0.2) is 8.42 Å². The fraction of sp³-hybridized carbons (Fsp3) is 0.688. The maximum absolute atomic E-state index is 12.7. The third-order valence-electron chi connectivity index (χ3n) is 5.46. The summed E-state index contributed by atoms with van der Waals surface area (Å²) in [6.45, 7) is 3.23. The second-order valence-corrected chi connectivity index (χ2v) is 10.3. The molecule has 0 spiro atoms. The standard InChI is InChI=1S/C16H22N2O3S2/c19-16(15-10-12-2-1-3-14(12)22-15)18-7-5-17(6-8-18)13-4-9-23(20,21)11-13/h10,13H,1-9,11H2/p+1/t13-/m1/s1. The highest BCUT2D eigenvalue weighted by Crippen LogP contribution is 2.31. The van der Waals surface area contributed by atoms with Crippen molar-refractivity contribution >= 4 is 27.1 Å². The van der Waals surface area contributed by atoms with E-state index in [2.05, 4.69) is 6.07 Å². The van der Waals surface area contributed by atoms with Gasteiger partial charge in [0.05, 0.1) is 36.8 Å². The van der Waals surface area contributed by atoms with Gasteiger partial charge in [-0.15, -0.1) is 11.3 Å². The number of rotatable bonds is 2. The Hall–Kier alpha value is -0.920. The van der Waals surface area contributed by atoms with E-state index in [1.165, 1.54) is 21.8 Å². The first-order valence-electron chi connectivity index (χ1n) is 8.48. The van der Waals surface area contributed by atoms with Crippen LogP contribution in [0.1, 0.15) is 33.0 Å². The number of quaternary nitrogens is 1. The zero-order chi connectivity index (χ0) is 16.0. The lowest BCUT2D eigenvalue weighted by atomic mass is 10.2. The summed E-state index contributed by atoms with van der Waals surface area (Å²) in [5.41, 5.74) is 1.37. The number of carbonyl (C=O) groups is 1. The third kappa shape index (κ3) is 3.06. The molecule has 0 bridgehead atoms. The molecular formula is C16H23N2O3S2+. The Balaban J connectivity index is 1.36. The molecule has 3 aliphatic rings. The van der Waals surface area contributed by atoms with E-state index < -0.39 is 9.84 Å². The second kappa shape index (κ2) is 5.86. The van der Waals surface area contributed by atoms with Gasteiger partial charge >= 0.3 is 0 Å². The molecule has 1 amide bonds. The topological polar surface area (TPSA) is 58.9 Å². The smallest absolute Gasteiger partial charge is 0.264 e. The number of hydrogen-bond acceptors (Lipinski definition) is 4. The van der Waals surface area contributed by atoms with Crippen molar-refractivity contribution in [1.29, 1.82) is 0 Å². The van der Waals surface area contributed by atoms with Crippen molar-refractivity contribution in [2.45, 2.75) is 31.7 Å². The fourth-order valence-corrected chi connectivity index (χ4v) is 7.16. The lowest BCUT2D eigenvalue weighted by Gasteiger charge is -2.34. The van der Waals surface area contributed by atoms with Crippen molar-refractivity contribution < 1.29 is 18.1 Å². The number of piperazine rings is 1. The molecule has 4 rings (SSSR count). The van der Waals surface area contributed by atoms with Crippen molar-refractivity contribution in [2.24, 2.45) is 0 Å². The predicted molar refractivity (Wildman–Crippen MR) is 90.0 cm³/mol. The first-order valence-corrected chi connectivity index (χ1v) is 11.1. The number of thiophene rings is 1. The van der Waals surface area contributed by atoms with E-state index in [1.54, 1.807) is 11.3 Å². The third-order valence-corrected chi connectivity index (χ3v) is 8.45. The molecule has 1 aromatic rings. The molecule has 0 unspecified atom stereocenters. The van der Waals surface area contributed by atoms with Gasteiger partial charge in [0.2, 0.25) is 0 Å². The normalized spacial score (nSPS) is 27.3. The molecule has 0 aromatic carbocycles. The quantitative estimate of drug-likeness (QED) is 0.797. The van der Waals surface area contributed by atoms with E-state index in [0.29, 0.717) is 11.5 Å². The molecule has 5 nitrogen and oxygen atoms in total. The van der Waals surface area contributed by atoms with Crippen LogP contribution in [0.2, 0.25) is 0 Å². The van der Waals surface area contributed by atoms with Crippen LogP contribution in [0.15, 0.2) is 6.07 Å². The summed E-state index contributed by atoms with van der Waals surface area (Å²) in [6.07, 6.45) is 4.25. The number of nitrogens with zero attached hydrogens (tertiary/aromatic N) is 1. The van der Waals surface area contributed by atoms with E-state index in [0.717, 1.165) is 50.3 Å². The van der Waals surface area contributed by atoms with Gasteiger partial charge in [0.25, 0.3) is 5.91 Å². The van der Waals surface area contributed by atoms with Crippen LogP contribution in [-0.4, -0.2) is 63.0 Å². The van der Waals surface area contributed by atoms with Crippen molar-refractivity contribution in [3.8, 4) is 0 Å². The van der Waals surface area contributed by atoms with Crippen LogP contribution in [0.5, 0.6) is 0 Å². The van der Waals surface area contributed by atoms with Gasteiger partial charge in [0.1, 0.15) is 11.8 Å². The molecule has 7 heteroatoms. The molecule has 0 saturated carbocycles. The summed E-state index contributed by atoms with van der Waals surface area (Å²) in [6, 6.07) is 2.33. The minimum absolute atomic E-state index is 0.169. The molecule has 1 aliphatic carbocycles. The maximum Gasteiger partial charge on any atom is 0.264 e. The summed E-state index contributed by atoms with van der Waals surface area (Å²) in [5, 5.41) is 0. The summed E-state index contributed by atoms with van der Waals surface area (Å²) >= 11 is 1.67. The Morgan fingerprint density at radius 1 is 1.26 bits per heavy atom. The highest BCUT2D eigenvalue weighted by molar-refractivity contribution is 7.91. The first-order chi connectivity index (χ1) is 11.0. The Bertz CT molecular complexity index is 696. The minimum Gasteiger partial charge on any atom is -0.329 e. The van der Waals surface area contributed by atoms with Crippen LogP contribution < -0.4 is 4.90 Å². The highest BCUT2D eigenvalue weighted by Gasteiger charge is 2.37. The molecule has 2 saturated heterocycles. The van der Waals surface area contributed by atoms with Crippen LogP contribution in [0.4, 0.5) is 0 Å². The monoisotopic (exact) mass is 355 g/mol. The second-order valence-electron chi connectivity index (χ2n) is 6.96. The average Bonchev–Trinajstić information content (AvgIpc) is 3.20. The molecule has 1 N–H and O–H groups in total. The molecule has 3 heterocycles. The molecule has 126 valence electrons. The molecule has 1 atom stereocenters. The number of hydrogen-bond donors (Lipinski definition) is 1. The highest BCUT2D eigenvalue weighted by atomic mass is 32.2. The van der Waals surface area contributed by atoms with Crippen molar-refractivity contribution in [3.63, 3.8) is 0 Å². The van der Waals surface area contributed by atoms with Crippen molar-refractivity contribution in [1.82, 2.24) is 4.90 Å². The van der Waals surface area contributed by atoms with E-state index in [9.17, 15) is 13.2 Å². The van der Waals surface area contributed by atoms with Crippen molar-refractivity contribution in [3.05, 3.63) is 21.4 Å². The van der Waals surface area contributed by atoms with E-state index in [-0.39, 0.29) is 11.9 Å². The van der Waals surface area contributed by atoms with Crippen molar-refractivity contribution in [2.75, 3.05) is 37.7 Å². The van der Waals surface area contributed by atoms with Crippen LogP contribution >= 0.6 is 11.3 Å². The number of carbonyl (C=O) groups excluding carboxylic acids is 1. The number of fused-ring (bicyclic) bond motifs is 1. The van der Waals surface area contributed by atoms with Crippen LogP contribution in [-0.2, 0) is 22.7 Å². The molecular weight excluding hydrogens is 332 g/mol. The predicted octanol–water partition coefficient (Wildman–Crippen LogP) is -0.235. The van der Waals surface area contributed by atoms with E-state index >= 15 is 0 Å². The van der Waals surface area contributed by atoms with Gasteiger partial charge in [-0.2, -0.15) is 0 Å². The zero-order valence-corrected chi connectivity index (χ0v) is 14.8. The Morgan fingerprint density at radius 3 is 2.70 bits per heavy atom. The Morgan fingerprint density at radius 2 is 2.04 bits per heavy atom. The number of sulfone groups is 1. The lowest BCUT2D eigenvalue weighted by molar-refractivity contribution is -0.925. The van der Waals surface area contributed by atoms with Gasteiger partial charge in [-0.3, -0.25) is 4.79 Å². The first kappa shape index (κ1) is 15.6. The minimum atomic E-state index is -2.82. The van der Waals surface area contributed by atoms with Gasteiger partial charge < -0.3 is 9.80 Å². The maximum atomic E-state index is 12.7. The van der Waals surface area contributed by atoms with Crippen LogP contribution in [0.3, 0.4) is 0 Å². The molecule has 23 heavy (non-hydrogen) atoms. The Labute approximate surface area is 141 Å². The van der Waals surface area contributed by atoms with Gasteiger partial charge in [-0.05, 0) is 30.9 Å². The Kier molecular flexibility index (Phi) is 3.98. The number of aryl methyl sites for hydroxylation is 2. The fourth-order valence-electron chi connectivity index (χ4n) is 4.11. The van der Waals surface area contributed by atoms with Crippen LogP contribution in [0.25, 0.3) is 0 Å². The summed E-state index contributed by atoms with van der Waals surface area (Å²) in [7, 11) is -2.82. The molecule has 2 aliphatic heterocycles. The SMILES string of the molecule is O=C(c1cc2c(s1)CCC2)N1CC[NH+]([C@@H]2CCS(=O)(=O)C2)CC1. The molecule has 2 fully saturated rings. The summed E-state index contributed by atoms with van der Waals surface area (Å²) in [5.74, 6) is 0.834. The largest absolute Gasteiger partial charge is 0.329 e. The van der Waals surface area contributed by atoms with Gasteiger partial charge in [-0.1, -0.05) is 0 Å². The number of nitrogens with one attached hydrogen (secondary N) is 1. The van der Waals surface area contributed by atoms with E-state index in [1.807, 2.05) is 4.90 Å². The van der Waals surface area contributed by atoms with E-state index in [4.69, 9.17) is 0 Å². The van der Waals surface area contributed by atoms with Gasteiger partial charge in [0.15, 0.2) is 9.84 Å². The lowest BCUT2D eigenvalue weighted by Crippen LogP contribution is -3.18. The summed E-state index contributed by atoms with van der Waals surface area (Å²) in [4.78, 5) is 18.3. The van der Waals surface area contributed by atoms with Crippen LogP contribution in [0, 0.1) is 0 Å². The average molecular weight is 356 g/mol. The van der Waals surface area contributed by atoms with Gasteiger partial charge in [0, 0.05) is 11.3 Å².